The third kappa shape index (κ3) is 5.99. The fourth-order valence-corrected chi connectivity index (χ4v) is 9.28. The maximum atomic E-state index is 6.63. The smallest absolute Gasteiger partial charge is 0.135 e. The zero-order valence-electron chi connectivity index (χ0n) is 30.7. The number of anilines is 3. The Bertz CT molecular complexity index is 3120. The lowest BCUT2D eigenvalue weighted by Gasteiger charge is -2.28. The molecule has 0 unspecified atom stereocenters. The quantitative estimate of drug-likeness (QED) is 0.145. The zero-order chi connectivity index (χ0) is 37.4. The minimum absolute atomic E-state index is 0.746. The van der Waals surface area contributed by atoms with Gasteiger partial charge in [0.1, 0.15) is 11.3 Å². The first-order valence-corrected chi connectivity index (χ1v) is 19.8. The molecule has 10 rings (SSSR count). The van der Waals surface area contributed by atoms with Crippen LogP contribution in [-0.4, -0.2) is 0 Å². The Labute approximate surface area is 330 Å². The summed E-state index contributed by atoms with van der Waals surface area (Å²) in [6.45, 7) is 3.96. The molecule has 2 nitrogen and oxygen atoms in total. The summed E-state index contributed by atoms with van der Waals surface area (Å²) >= 11 is 1.85. The summed E-state index contributed by atoms with van der Waals surface area (Å²) in [4.78, 5) is 2.44. The Morgan fingerprint density at radius 3 is 2.23 bits per heavy atom. The predicted molar refractivity (Wildman–Crippen MR) is 240 cm³/mol. The van der Waals surface area contributed by atoms with Crippen molar-refractivity contribution in [3.63, 3.8) is 0 Å². The summed E-state index contributed by atoms with van der Waals surface area (Å²) < 4.78 is 9.17. The second kappa shape index (κ2) is 14.4. The molecule has 7 aromatic carbocycles. The predicted octanol–water partition coefficient (Wildman–Crippen LogP) is 13.4. The number of hydrogen-bond acceptors (Lipinski definition) is 3. The van der Waals surface area contributed by atoms with E-state index in [0.717, 1.165) is 73.6 Å². The van der Waals surface area contributed by atoms with Crippen LogP contribution in [0.3, 0.4) is 0 Å². The van der Waals surface area contributed by atoms with Gasteiger partial charge in [-0.1, -0.05) is 164 Å². The largest absolute Gasteiger partial charge is 0.460 e. The highest BCUT2D eigenvalue weighted by Gasteiger charge is 2.24. The normalized spacial score (nSPS) is 12.6. The van der Waals surface area contributed by atoms with Crippen LogP contribution in [0.25, 0.3) is 66.1 Å². The Morgan fingerprint density at radius 2 is 1.36 bits per heavy atom. The van der Waals surface area contributed by atoms with Crippen molar-refractivity contribution in [2.45, 2.75) is 6.42 Å². The molecule has 0 saturated carbocycles. The van der Waals surface area contributed by atoms with Gasteiger partial charge in [-0.15, -0.1) is 11.3 Å². The number of fused-ring (bicyclic) bond motifs is 7. The van der Waals surface area contributed by atoms with Crippen LogP contribution in [0, 0.1) is 0 Å². The molecular formula is C53H37NOS. The van der Waals surface area contributed by atoms with Gasteiger partial charge in [-0.2, -0.15) is 0 Å². The topological polar surface area (TPSA) is 16.4 Å². The minimum Gasteiger partial charge on any atom is -0.460 e. The number of thiophene rings is 1. The van der Waals surface area contributed by atoms with Crippen molar-refractivity contribution in [3.05, 3.63) is 221 Å². The molecule has 0 saturated heterocycles. The second-order valence-electron chi connectivity index (χ2n) is 14.1. The molecule has 0 bridgehead atoms. The summed E-state index contributed by atoms with van der Waals surface area (Å²) in [5.41, 5.74) is 11.1. The molecule has 56 heavy (non-hydrogen) atoms. The van der Waals surface area contributed by atoms with Crippen LogP contribution in [0.5, 0.6) is 0 Å². The maximum absolute atomic E-state index is 6.63. The molecule has 3 heteroatoms. The summed E-state index contributed by atoms with van der Waals surface area (Å²) in [6, 6.07) is 58.7. The SMILES string of the molecule is C=C/C=C(\C=C\c1ccc(N(c2ccccc2-c2cccc3oc4c(c23)C=c2ccccc2=CC4)c2cccc3c2sc2ccccc23)cc1)c1ccccc1. The molecule has 0 atom stereocenters. The van der Waals surface area contributed by atoms with E-state index in [1.54, 1.807) is 0 Å². The van der Waals surface area contributed by atoms with Crippen LogP contribution in [0.2, 0.25) is 0 Å². The lowest BCUT2D eigenvalue weighted by molar-refractivity contribution is 0.568. The number of allylic oxidation sites excluding steroid dienone is 4. The van der Waals surface area contributed by atoms with E-state index in [2.05, 4.69) is 200 Å². The van der Waals surface area contributed by atoms with E-state index in [-0.39, 0.29) is 0 Å². The van der Waals surface area contributed by atoms with Crippen molar-refractivity contribution in [1.29, 1.82) is 0 Å². The van der Waals surface area contributed by atoms with E-state index < -0.39 is 0 Å². The first kappa shape index (κ1) is 33.6. The molecule has 0 amide bonds. The lowest BCUT2D eigenvalue weighted by Crippen LogP contribution is -2.22. The Balaban J connectivity index is 1.16. The number of rotatable bonds is 8. The van der Waals surface area contributed by atoms with Gasteiger partial charge < -0.3 is 9.32 Å². The summed E-state index contributed by atoms with van der Waals surface area (Å²) in [5, 5.41) is 6.13. The molecule has 1 aliphatic carbocycles. The highest BCUT2D eigenvalue weighted by Crippen LogP contribution is 2.48. The highest BCUT2D eigenvalue weighted by atomic mass is 32.1. The summed E-state index contributed by atoms with van der Waals surface area (Å²) in [5.74, 6) is 0.995. The Morgan fingerprint density at radius 1 is 0.643 bits per heavy atom. The minimum atomic E-state index is 0.746. The van der Waals surface area contributed by atoms with Crippen molar-refractivity contribution in [1.82, 2.24) is 0 Å². The van der Waals surface area contributed by atoms with Gasteiger partial charge >= 0.3 is 0 Å². The summed E-state index contributed by atoms with van der Waals surface area (Å²) in [6.07, 6.45) is 13.6. The number of para-hydroxylation sites is 1. The zero-order valence-corrected chi connectivity index (χ0v) is 31.5. The van der Waals surface area contributed by atoms with Crippen LogP contribution in [-0.2, 0) is 6.42 Å². The van der Waals surface area contributed by atoms with Gasteiger partial charge in [-0.25, -0.2) is 0 Å². The van der Waals surface area contributed by atoms with Crippen LogP contribution in [0.4, 0.5) is 17.1 Å². The molecule has 2 aromatic heterocycles. The molecule has 0 aliphatic heterocycles. The molecule has 2 heterocycles. The van der Waals surface area contributed by atoms with Gasteiger partial charge in [0.15, 0.2) is 0 Å². The number of furan rings is 1. The van der Waals surface area contributed by atoms with E-state index in [1.165, 1.54) is 30.6 Å². The fourth-order valence-electron chi connectivity index (χ4n) is 8.08. The van der Waals surface area contributed by atoms with Crippen LogP contribution < -0.4 is 15.3 Å². The molecule has 266 valence electrons. The van der Waals surface area contributed by atoms with E-state index >= 15 is 0 Å². The van der Waals surface area contributed by atoms with Crippen LogP contribution in [0.15, 0.2) is 193 Å². The first-order chi connectivity index (χ1) is 27.7. The van der Waals surface area contributed by atoms with Crippen LogP contribution >= 0.6 is 11.3 Å². The van der Waals surface area contributed by atoms with E-state index in [1.807, 2.05) is 23.5 Å². The first-order valence-electron chi connectivity index (χ1n) is 19.0. The van der Waals surface area contributed by atoms with Gasteiger partial charge in [-0.3, -0.25) is 0 Å². The molecule has 1 aliphatic rings. The average molecular weight is 736 g/mol. The summed E-state index contributed by atoms with van der Waals surface area (Å²) in [7, 11) is 0. The monoisotopic (exact) mass is 735 g/mol. The molecule has 9 aromatic rings. The van der Waals surface area contributed by atoms with Crippen molar-refractivity contribution < 1.29 is 4.42 Å². The van der Waals surface area contributed by atoms with Gasteiger partial charge in [0.05, 0.1) is 16.1 Å². The third-order valence-corrected chi connectivity index (χ3v) is 11.9. The number of benzene rings is 7. The number of hydrogen-bond donors (Lipinski definition) is 0. The van der Waals surface area contributed by atoms with Gasteiger partial charge in [0.2, 0.25) is 0 Å². The molecule has 0 fully saturated rings. The molecule has 0 spiro atoms. The van der Waals surface area contributed by atoms with Gasteiger partial charge in [0.25, 0.3) is 0 Å². The van der Waals surface area contributed by atoms with E-state index in [0.29, 0.717) is 0 Å². The standard InChI is InChI=1S/C53H37NOS/c1-2-14-37(38-15-4-3-5-16-38)30-27-36-28-32-41(33-29-36)54(48-24-12-22-45-43-20-9-11-26-51(43)56-53(45)48)47-23-10-8-19-42(47)44-21-13-25-50-52(44)46-35-40-18-7-6-17-39(40)31-34-49(46)55-50/h2-33,35H,1,34H2/b30-27+,37-14+. The fraction of sp³-hybridized carbons (Fsp3) is 0.0189. The van der Waals surface area contributed by atoms with E-state index in [4.69, 9.17) is 4.42 Å². The van der Waals surface area contributed by atoms with Crippen molar-refractivity contribution in [3.8, 4) is 11.1 Å². The van der Waals surface area contributed by atoms with Crippen molar-refractivity contribution in [2.75, 3.05) is 4.90 Å². The number of nitrogens with zero attached hydrogens (tertiary/aromatic N) is 1. The van der Waals surface area contributed by atoms with Crippen molar-refractivity contribution in [2.24, 2.45) is 0 Å². The second-order valence-corrected chi connectivity index (χ2v) is 15.1. The maximum Gasteiger partial charge on any atom is 0.135 e. The molecular weight excluding hydrogens is 699 g/mol. The highest BCUT2D eigenvalue weighted by molar-refractivity contribution is 7.26. The molecule has 0 N–H and O–H groups in total. The van der Waals surface area contributed by atoms with Crippen molar-refractivity contribution >= 4 is 83.3 Å². The third-order valence-electron chi connectivity index (χ3n) is 10.7. The molecule has 0 radical (unpaired) electrons. The van der Waals surface area contributed by atoms with Crippen LogP contribution in [0.1, 0.15) is 22.5 Å². The van der Waals surface area contributed by atoms with Gasteiger partial charge in [-0.05, 0) is 75.2 Å². The average Bonchev–Trinajstić information content (AvgIpc) is 3.75. The Hall–Kier alpha value is -6.94. The Kier molecular flexibility index (Phi) is 8.63. The van der Waals surface area contributed by atoms with Gasteiger partial charge in [0, 0.05) is 44.1 Å². The lowest BCUT2D eigenvalue weighted by atomic mass is 9.95. The van der Waals surface area contributed by atoms with E-state index in [9.17, 15) is 0 Å².